The summed E-state index contributed by atoms with van der Waals surface area (Å²) in [6.07, 6.45) is 1.85. The molecule has 0 heterocycles. The van der Waals surface area contributed by atoms with Gasteiger partial charge in [0.05, 0.1) is 4.90 Å². The number of thioether (sulfide) groups is 1. The summed E-state index contributed by atoms with van der Waals surface area (Å²) in [5.41, 5.74) is -0.144. The van der Waals surface area contributed by atoms with Crippen LogP contribution in [-0.4, -0.2) is 43.2 Å². The lowest BCUT2D eigenvalue weighted by Gasteiger charge is -2.10. The third-order valence-corrected chi connectivity index (χ3v) is 4.63. The van der Waals surface area contributed by atoms with Crippen LogP contribution in [0, 0.1) is 6.92 Å². The molecule has 0 amide bonds. The number of sulfonamides is 1. The number of aryl methyl sites for hydroxylation is 1. The van der Waals surface area contributed by atoms with Gasteiger partial charge in [0, 0.05) is 12.3 Å². The van der Waals surface area contributed by atoms with Crippen LogP contribution in [0.2, 0.25) is 0 Å². The molecular weight excluding hydrogens is 290 g/mol. The van der Waals surface area contributed by atoms with Crippen molar-refractivity contribution in [2.75, 3.05) is 18.6 Å². The molecule has 0 spiro atoms. The SMILES string of the molecule is CSCCNS(=O)(=O)c1cc(C(=O)O)c(O)cc1C. The zero-order valence-electron chi connectivity index (χ0n) is 10.5. The number of aromatic carboxylic acids is 1. The largest absolute Gasteiger partial charge is 0.507 e. The Labute approximate surface area is 115 Å². The first-order chi connectivity index (χ1) is 8.79. The van der Waals surface area contributed by atoms with Gasteiger partial charge in [-0.3, -0.25) is 0 Å². The van der Waals surface area contributed by atoms with Crippen molar-refractivity contribution >= 4 is 27.8 Å². The van der Waals surface area contributed by atoms with Gasteiger partial charge in [-0.15, -0.1) is 0 Å². The number of rotatable bonds is 6. The van der Waals surface area contributed by atoms with Crippen molar-refractivity contribution in [3.8, 4) is 5.75 Å². The maximum Gasteiger partial charge on any atom is 0.339 e. The van der Waals surface area contributed by atoms with Gasteiger partial charge in [0.25, 0.3) is 0 Å². The van der Waals surface area contributed by atoms with Crippen molar-refractivity contribution in [1.82, 2.24) is 4.72 Å². The van der Waals surface area contributed by atoms with E-state index in [0.717, 1.165) is 12.1 Å². The summed E-state index contributed by atoms with van der Waals surface area (Å²) in [4.78, 5) is 10.8. The molecule has 1 rings (SSSR count). The second-order valence-corrected chi connectivity index (χ2v) is 6.55. The first-order valence-corrected chi connectivity index (χ1v) is 8.23. The Morgan fingerprint density at radius 3 is 2.58 bits per heavy atom. The van der Waals surface area contributed by atoms with Crippen molar-refractivity contribution in [3.05, 3.63) is 23.3 Å². The van der Waals surface area contributed by atoms with Crippen LogP contribution < -0.4 is 4.72 Å². The predicted molar refractivity (Wildman–Crippen MR) is 73.4 cm³/mol. The molecule has 0 atom stereocenters. The molecule has 8 heteroatoms. The third kappa shape index (κ3) is 3.85. The second kappa shape index (κ2) is 6.27. The lowest BCUT2D eigenvalue weighted by atomic mass is 10.1. The highest BCUT2D eigenvalue weighted by Gasteiger charge is 2.21. The summed E-state index contributed by atoms with van der Waals surface area (Å²) in [5, 5.41) is 18.3. The normalized spacial score (nSPS) is 11.5. The molecule has 0 aromatic heterocycles. The first-order valence-electron chi connectivity index (χ1n) is 5.35. The highest BCUT2D eigenvalue weighted by atomic mass is 32.2. The molecule has 19 heavy (non-hydrogen) atoms. The van der Waals surface area contributed by atoms with Gasteiger partial charge in [-0.2, -0.15) is 11.8 Å². The average molecular weight is 305 g/mol. The summed E-state index contributed by atoms with van der Waals surface area (Å²) in [6.45, 7) is 1.75. The van der Waals surface area contributed by atoms with E-state index in [4.69, 9.17) is 5.11 Å². The lowest BCUT2D eigenvalue weighted by molar-refractivity contribution is 0.0693. The van der Waals surface area contributed by atoms with E-state index in [1.807, 2.05) is 6.26 Å². The molecule has 1 aromatic carbocycles. The Balaban J connectivity index is 3.19. The molecule has 3 N–H and O–H groups in total. The van der Waals surface area contributed by atoms with Crippen molar-refractivity contribution in [3.63, 3.8) is 0 Å². The number of hydrogen-bond donors (Lipinski definition) is 3. The third-order valence-electron chi connectivity index (χ3n) is 2.41. The molecule has 0 radical (unpaired) electrons. The number of aromatic hydroxyl groups is 1. The minimum Gasteiger partial charge on any atom is -0.507 e. The Hall–Kier alpha value is -1.25. The van der Waals surface area contributed by atoms with Gasteiger partial charge in [-0.1, -0.05) is 0 Å². The fourth-order valence-electron chi connectivity index (χ4n) is 1.49. The maximum absolute atomic E-state index is 12.0. The number of phenols is 1. The number of benzene rings is 1. The summed E-state index contributed by atoms with van der Waals surface area (Å²) in [7, 11) is -3.77. The number of carboxylic acids is 1. The molecular formula is C11H15NO5S2. The fourth-order valence-corrected chi connectivity index (χ4v) is 3.21. The minimum absolute atomic E-state index is 0.135. The number of carboxylic acid groups (broad SMARTS) is 1. The Kier molecular flexibility index (Phi) is 5.21. The highest BCUT2D eigenvalue weighted by Crippen LogP contribution is 2.25. The molecule has 0 aliphatic carbocycles. The van der Waals surface area contributed by atoms with E-state index in [0.29, 0.717) is 11.3 Å². The van der Waals surface area contributed by atoms with Gasteiger partial charge in [0.1, 0.15) is 11.3 Å². The van der Waals surface area contributed by atoms with Crippen LogP contribution in [0.25, 0.3) is 0 Å². The Morgan fingerprint density at radius 2 is 2.05 bits per heavy atom. The van der Waals surface area contributed by atoms with E-state index in [-0.39, 0.29) is 11.4 Å². The van der Waals surface area contributed by atoms with Crippen molar-refractivity contribution in [2.45, 2.75) is 11.8 Å². The standard InChI is InChI=1S/C11H15NO5S2/c1-7-5-9(13)8(11(14)15)6-10(7)19(16,17)12-3-4-18-2/h5-6,12-13H,3-4H2,1-2H3,(H,14,15). The van der Waals surface area contributed by atoms with E-state index >= 15 is 0 Å². The smallest absolute Gasteiger partial charge is 0.339 e. The quantitative estimate of drug-likeness (QED) is 0.678. The van der Waals surface area contributed by atoms with Gasteiger partial charge in [-0.25, -0.2) is 17.9 Å². The van der Waals surface area contributed by atoms with Crippen molar-refractivity contribution in [2.24, 2.45) is 0 Å². The molecule has 6 nitrogen and oxygen atoms in total. The molecule has 0 aliphatic heterocycles. The first kappa shape index (κ1) is 15.8. The number of carbonyl (C=O) groups is 1. The van der Waals surface area contributed by atoms with Gasteiger partial charge in [0.2, 0.25) is 10.0 Å². The molecule has 1 aromatic rings. The monoisotopic (exact) mass is 305 g/mol. The van der Waals surface area contributed by atoms with E-state index in [1.165, 1.54) is 18.7 Å². The number of nitrogens with one attached hydrogen (secondary N) is 1. The predicted octanol–water partition coefficient (Wildman–Crippen LogP) is 1.04. The summed E-state index contributed by atoms with van der Waals surface area (Å²) >= 11 is 1.49. The van der Waals surface area contributed by atoms with Gasteiger partial charge >= 0.3 is 5.97 Å². The van der Waals surface area contributed by atoms with Crippen LogP contribution in [0.15, 0.2) is 17.0 Å². The maximum atomic E-state index is 12.0. The van der Waals surface area contributed by atoms with Crippen LogP contribution in [0.4, 0.5) is 0 Å². The molecule has 0 bridgehead atoms. The Bertz CT molecular complexity index is 583. The van der Waals surface area contributed by atoms with Crippen molar-refractivity contribution < 1.29 is 23.4 Å². The van der Waals surface area contributed by atoms with Crippen LogP contribution in [0.3, 0.4) is 0 Å². The molecule has 0 unspecified atom stereocenters. The van der Waals surface area contributed by atoms with Gasteiger partial charge in [0.15, 0.2) is 0 Å². The summed E-state index contributed by atoms with van der Waals surface area (Å²) in [5.74, 6) is -1.21. The van der Waals surface area contributed by atoms with Crippen LogP contribution >= 0.6 is 11.8 Å². The summed E-state index contributed by atoms with van der Waals surface area (Å²) < 4.78 is 26.4. The lowest BCUT2D eigenvalue weighted by Crippen LogP contribution is -2.27. The summed E-state index contributed by atoms with van der Waals surface area (Å²) in [6, 6.07) is 2.10. The Morgan fingerprint density at radius 1 is 1.42 bits per heavy atom. The van der Waals surface area contributed by atoms with Crippen molar-refractivity contribution in [1.29, 1.82) is 0 Å². The van der Waals surface area contributed by atoms with Gasteiger partial charge < -0.3 is 10.2 Å². The number of hydrogen-bond acceptors (Lipinski definition) is 5. The van der Waals surface area contributed by atoms with Crippen LogP contribution in [-0.2, 0) is 10.0 Å². The fraction of sp³-hybridized carbons (Fsp3) is 0.364. The average Bonchev–Trinajstić information content (AvgIpc) is 2.28. The van der Waals surface area contributed by atoms with Crippen LogP contribution in [0.1, 0.15) is 15.9 Å². The zero-order chi connectivity index (χ0) is 14.6. The molecule has 106 valence electrons. The second-order valence-electron chi connectivity index (χ2n) is 3.83. The zero-order valence-corrected chi connectivity index (χ0v) is 12.1. The van der Waals surface area contributed by atoms with E-state index in [2.05, 4.69) is 4.72 Å². The molecule has 0 fully saturated rings. The molecule has 0 saturated heterocycles. The van der Waals surface area contributed by atoms with Gasteiger partial charge in [-0.05, 0) is 30.9 Å². The van der Waals surface area contributed by atoms with E-state index < -0.39 is 27.3 Å². The van der Waals surface area contributed by atoms with E-state index in [1.54, 1.807) is 0 Å². The highest BCUT2D eigenvalue weighted by molar-refractivity contribution is 7.98. The topological polar surface area (TPSA) is 104 Å². The molecule has 0 saturated carbocycles. The molecule has 0 aliphatic rings. The van der Waals surface area contributed by atoms with E-state index in [9.17, 15) is 18.3 Å². The van der Waals surface area contributed by atoms with Crippen LogP contribution in [0.5, 0.6) is 5.75 Å². The minimum atomic E-state index is -3.77.